The van der Waals surface area contributed by atoms with Crippen LogP contribution >= 0.6 is 0 Å². The number of aliphatic imine (C=N–C) groups is 1. The van der Waals surface area contributed by atoms with Gasteiger partial charge in [-0.25, -0.2) is 4.99 Å². The molecule has 170 valence electrons. The fourth-order valence-corrected chi connectivity index (χ4v) is 4.60. The molecule has 1 rings (SSSR count). The Balaban J connectivity index is 1.89. The minimum atomic E-state index is 0.278. The van der Waals surface area contributed by atoms with E-state index in [4.69, 9.17) is 4.99 Å². The van der Waals surface area contributed by atoms with Crippen molar-refractivity contribution in [2.45, 2.75) is 117 Å². The lowest BCUT2D eigenvalue weighted by Gasteiger charge is -2.33. The molecule has 0 bridgehead atoms. The van der Waals surface area contributed by atoms with Gasteiger partial charge in [-0.3, -0.25) is 4.48 Å². The highest BCUT2D eigenvalue weighted by Crippen LogP contribution is 2.20. The Hall–Kier alpha value is -0.670. The van der Waals surface area contributed by atoms with Gasteiger partial charge in [-0.1, -0.05) is 83.3 Å². The number of aliphatic hydroxyl groups is 1. The van der Waals surface area contributed by atoms with Gasteiger partial charge in [0.1, 0.15) is 13.1 Å². The van der Waals surface area contributed by atoms with E-state index in [0.29, 0.717) is 0 Å². The summed E-state index contributed by atoms with van der Waals surface area (Å²) in [6.45, 7) is 8.77. The number of unbranched alkanes of at least 4 members (excludes halogenated alkanes) is 13. The van der Waals surface area contributed by atoms with Crippen molar-refractivity contribution in [1.29, 1.82) is 0 Å². The van der Waals surface area contributed by atoms with Crippen LogP contribution in [-0.4, -0.2) is 48.2 Å². The highest BCUT2D eigenvalue weighted by Gasteiger charge is 2.35. The highest BCUT2D eigenvalue weighted by atomic mass is 16.3. The molecule has 1 heterocycles. The van der Waals surface area contributed by atoms with Crippen LogP contribution in [0.3, 0.4) is 0 Å². The van der Waals surface area contributed by atoms with Gasteiger partial charge in [-0.05, 0) is 39.0 Å². The van der Waals surface area contributed by atoms with Crippen molar-refractivity contribution in [3.8, 4) is 0 Å². The second-order valence-electron chi connectivity index (χ2n) is 8.97. The largest absolute Gasteiger partial charge is 0.390 e. The summed E-state index contributed by atoms with van der Waals surface area (Å²) in [5.41, 5.74) is 0. The topological polar surface area (TPSA) is 32.6 Å². The highest BCUT2D eigenvalue weighted by molar-refractivity contribution is 5.76. The summed E-state index contributed by atoms with van der Waals surface area (Å²) in [5, 5.41) is 9.39. The van der Waals surface area contributed by atoms with Gasteiger partial charge in [0.05, 0.1) is 19.7 Å². The molecular formula is C26H51N2O+. The van der Waals surface area contributed by atoms with E-state index in [1.165, 1.54) is 102 Å². The van der Waals surface area contributed by atoms with E-state index in [1.54, 1.807) is 0 Å². The van der Waals surface area contributed by atoms with Gasteiger partial charge in [-0.2, -0.15) is 0 Å². The third-order valence-corrected chi connectivity index (χ3v) is 6.67. The zero-order valence-electron chi connectivity index (χ0n) is 19.8. The second kappa shape index (κ2) is 18.1. The average molecular weight is 408 g/mol. The Labute approximate surface area is 182 Å². The molecule has 0 saturated heterocycles. The van der Waals surface area contributed by atoms with E-state index >= 15 is 0 Å². The number of quaternary nitrogens is 1. The summed E-state index contributed by atoms with van der Waals surface area (Å²) >= 11 is 0. The van der Waals surface area contributed by atoms with Gasteiger partial charge in [-0.15, -0.1) is 0 Å². The average Bonchev–Trinajstić information content (AvgIpc) is 3.13. The molecule has 3 nitrogen and oxygen atoms in total. The van der Waals surface area contributed by atoms with Crippen LogP contribution in [0.4, 0.5) is 0 Å². The summed E-state index contributed by atoms with van der Waals surface area (Å²) in [6, 6.07) is 0. The predicted octanol–water partition coefficient (Wildman–Crippen LogP) is 7.05. The number of hydrogen-bond acceptors (Lipinski definition) is 2. The molecule has 0 aromatic heterocycles. The first-order valence-corrected chi connectivity index (χ1v) is 12.9. The molecule has 29 heavy (non-hydrogen) atoms. The van der Waals surface area contributed by atoms with Crippen LogP contribution in [0.2, 0.25) is 0 Å². The van der Waals surface area contributed by atoms with E-state index in [-0.39, 0.29) is 6.61 Å². The number of hydrogen-bond donors (Lipinski definition) is 1. The van der Waals surface area contributed by atoms with Crippen molar-refractivity contribution < 1.29 is 9.59 Å². The van der Waals surface area contributed by atoms with Crippen molar-refractivity contribution in [2.24, 2.45) is 4.99 Å². The van der Waals surface area contributed by atoms with Gasteiger partial charge in [0, 0.05) is 6.42 Å². The van der Waals surface area contributed by atoms with Crippen molar-refractivity contribution in [3.05, 3.63) is 12.2 Å². The molecule has 0 fully saturated rings. The van der Waals surface area contributed by atoms with Crippen molar-refractivity contribution in [2.75, 3.05) is 32.8 Å². The second-order valence-corrected chi connectivity index (χ2v) is 8.97. The first-order valence-electron chi connectivity index (χ1n) is 12.9. The number of amidine groups is 1. The smallest absolute Gasteiger partial charge is 0.198 e. The van der Waals surface area contributed by atoms with E-state index in [0.717, 1.165) is 37.1 Å². The molecule has 0 aliphatic carbocycles. The summed E-state index contributed by atoms with van der Waals surface area (Å²) < 4.78 is 0.946. The lowest BCUT2D eigenvalue weighted by Crippen LogP contribution is -2.52. The molecule has 0 radical (unpaired) electrons. The number of aliphatic hydroxyl groups excluding tert-OH is 1. The lowest BCUT2D eigenvalue weighted by molar-refractivity contribution is -0.835. The zero-order chi connectivity index (χ0) is 21.0. The lowest BCUT2D eigenvalue weighted by atomic mass is 10.1. The van der Waals surface area contributed by atoms with E-state index < -0.39 is 0 Å². The third kappa shape index (κ3) is 11.9. The molecule has 1 aliphatic rings. The number of nitrogens with zero attached hydrogens (tertiary/aromatic N) is 2. The molecule has 1 N–H and O–H groups in total. The molecule has 1 atom stereocenters. The SMILES string of the molecule is CCCCCCCCC/C=C/CCCCCCCCC1=NCC[N+]1(CC)CCO. The van der Waals surface area contributed by atoms with Crippen LogP contribution in [-0.2, 0) is 0 Å². The summed E-state index contributed by atoms with van der Waals surface area (Å²) in [6.07, 6.45) is 26.4. The van der Waals surface area contributed by atoms with Crippen molar-refractivity contribution in [3.63, 3.8) is 0 Å². The maximum atomic E-state index is 9.39. The number of allylic oxidation sites excluding steroid dienone is 2. The molecule has 1 aliphatic heterocycles. The normalized spacial score (nSPS) is 19.3. The molecular weight excluding hydrogens is 356 g/mol. The van der Waals surface area contributed by atoms with Crippen LogP contribution < -0.4 is 0 Å². The maximum absolute atomic E-state index is 9.39. The van der Waals surface area contributed by atoms with E-state index in [9.17, 15) is 5.11 Å². The van der Waals surface area contributed by atoms with Crippen LogP contribution in [0.5, 0.6) is 0 Å². The standard InChI is InChI=1S/C26H51N2O/c1-3-5-6-7-8-9-10-11-12-13-14-15-16-17-18-19-20-21-26-27-22-23-28(26,4-2)24-25-29/h12-13,29H,3-11,14-25H2,1-2H3/q+1/b13-12+. The molecule has 0 spiro atoms. The Morgan fingerprint density at radius 1 is 0.793 bits per heavy atom. The Bertz CT molecular complexity index is 432. The molecule has 0 aromatic rings. The fraction of sp³-hybridized carbons (Fsp3) is 0.885. The maximum Gasteiger partial charge on any atom is 0.198 e. The molecule has 3 heteroatoms. The molecule has 0 aromatic carbocycles. The Morgan fingerprint density at radius 3 is 1.90 bits per heavy atom. The summed E-state index contributed by atoms with van der Waals surface area (Å²) in [4.78, 5) is 4.76. The van der Waals surface area contributed by atoms with Crippen LogP contribution in [0.15, 0.2) is 17.1 Å². The Kier molecular flexibility index (Phi) is 16.5. The first kappa shape index (κ1) is 26.4. The van der Waals surface area contributed by atoms with Crippen molar-refractivity contribution >= 4 is 5.84 Å². The molecule has 1 unspecified atom stereocenters. The van der Waals surface area contributed by atoms with Crippen LogP contribution in [0.1, 0.15) is 117 Å². The summed E-state index contributed by atoms with van der Waals surface area (Å²) in [5.74, 6) is 1.35. The monoisotopic (exact) mass is 407 g/mol. The number of rotatable bonds is 20. The molecule has 0 amide bonds. The minimum Gasteiger partial charge on any atom is -0.390 e. The first-order chi connectivity index (χ1) is 14.3. The fourth-order valence-electron chi connectivity index (χ4n) is 4.60. The summed E-state index contributed by atoms with van der Waals surface area (Å²) in [7, 11) is 0. The van der Waals surface area contributed by atoms with E-state index in [2.05, 4.69) is 26.0 Å². The predicted molar refractivity (Wildman–Crippen MR) is 129 cm³/mol. The van der Waals surface area contributed by atoms with Crippen LogP contribution in [0.25, 0.3) is 0 Å². The van der Waals surface area contributed by atoms with Gasteiger partial charge >= 0.3 is 0 Å². The Morgan fingerprint density at radius 2 is 1.34 bits per heavy atom. The number of likely N-dealkylation sites (N-methyl/N-ethyl adjacent to an activating group) is 1. The van der Waals surface area contributed by atoms with Gasteiger partial charge in [0.2, 0.25) is 0 Å². The van der Waals surface area contributed by atoms with Gasteiger partial charge in [0.15, 0.2) is 5.84 Å². The zero-order valence-corrected chi connectivity index (χ0v) is 19.8. The van der Waals surface area contributed by atoms with Crippen molar-refractivity contribution in [1.82, 2.24) is 0 Å². The van der Waals surface area contributed by atoms with Gasteiger partial charge in [0.25, 0.3) is 0 Å². The minimum absolute atomic E-state index is 0.278. The van der Waals surface area contributed by atoms with Crippen LogP contribution in [0, 0.1) is 0 Å². The quantitative estimate of drug-likeness (QED) is 0.131. The van der Waals surface area contributed by atoms with Gasteiger partial charge < -0.3 is 5.11 Å². The third-order valence-electron chi connectivity index (χ3n) is 6.67. The molecule has 0 saturated carbocycles. The van der Waals surface area contributed by atoms with E-state index in [1.807, 2.05) is 0 Å².